The van der Waals surface area contributed by atoms with Crippen LogP contribution in [0.15, 0.2) is 0 Å². The van der Waals surface area contributed by atoms with Crippen LogP contribution in [0.3, 0.4) is 0 Å². The second kappa shape index (κ2) is 5.23. The molecule has 0 radical (unpaired) electrons. The Morgan fingerprint density at radius 1 is 1.60 bits per heavy atom. The number of carboxylic acids is 1. The highest BCUT2D eigenvalue weighted by atomic mass is 16.4. The molecule has 0 aliphatic rings. The first-order chi connectivity index (χ1) is 4.66. The minimum Gasteiger partial charge on any atom is -0.481 e. The topological polar surface area (TPSA) is 57.5 Å². The fraction of sp³-hybridized carbons (Fsp3) is 0.857. The van der Waals surface area contributed by atoms with Crippen molar-refractivity contribution in [1.82, 2.24) is 0 Å². The summed E-state index contributed by atoms with van der Waals surface area (Å²) in [7, 11) is 0. The quantitative estimate of drug-likeness (QED) is 0.608. The van der Waals surface area contributed by atoms with E-state index in [2.05, 4.69) is 0 Å². The van der Waals surface area contributed by atoms with Gasteiger partial charge in [0.25, 0.3) is 0 Å². The number of aliphatic hydroxyl groups excluding tert-OH is 1. The molecule has 0 aromatic rings. The second-order valence-electron chi connectivity index (χ2n) is 2.39. The van der Waals surface area contributed by atoms with Gasteiger partial charge in [0, 0.05) is 0 Å². The van der Waals surface area contributed by atoms with Gasteiger partial charge in [-0.15, -0.1) is 0 Å². The van der Waals surface area contributed by atoms with Crippen LogP contribution in [0.4, 0.5) is 0 Å². The van der Waals surface area contributed by atoms with E-state index in [9.17, 15) is 4.79 Å². The van der Waals surface area contributed by atoms with E-state index in [1.54, 1.807) is 0 Å². The van der Waals surface area contributed by atoms with Crippen LogP contribution in [0.1, 0.15) is 32.6 Å². The normalized spacial score (nSPS) is 13.0. The summed E-state index contributed by atoms with van der Waals surface area (Å²) in [5.74, 6) is -0.927. The molecule has 0 spiro atoms. The summed E-state index contributed by atoms with van der Waals surface area (Å²) in [5, 5.41) is 17.2. The van der Waals surface area contributed by atoms with Crippen molar-refractivity contribution in [2.45, 2.75) is 38.7 Å². The molecule has 0 amide bonds. The Bertz CT molecular complexity index is 101. The number of carbonyl (C=O) groups is 1. The van der Waals surface area contributed by atoms with Crippen molar-refractivity contribution in [1.29, 1.82) is 0 Å². The van der Waals surface area contributed by atoms with E-state index >= 15 is 0 Å². The number of aliphatic hydroxyl groups is 1. The predicted molar refractivity (Wildman–Crippen MR) is 37.8 cm³/mol. The first-order valence-electron chi connectivity index (χ1n) is 3.56. The lowest BCUT2D eigenvalue weighted by Crippen LogP contribution is -2.12. The summed E-state index contributed by atoms with van der Waals surface area (Å²) < 4.78 is 0. The van der Waals surface area contributed by atoms with Gasteiger partial charge in [0.2, 0.25) is 0 Å². The molecule has 0 bridgehead atoms. The van der Waals surface area contributed by atoms with Crippen molar-refractivity contribution in [3.05, 3.63) is 0 Å². The first-order valence-corrected chi connectivity index (χ1v) is 3.56. The molecular formula is C7H14O3. The molecule has 0 saturated heterocycles. The van der Waals surface area contributed by atoms with E-state index in [1.807, 2.05) is 6.92 Å². The Labute approximate surface area is 60.7 Å². The van der Waals surface area contributed by atoms with Crippen molar-refractivity contribution >= 4 is 5.97 Å². The van der Waals surface area contributed by atoms with Gasteiger partial charge in [0.05, 0.1) is 12.5 Å². The van der Waals surface area contributed by atoms with E-state index in [0.29, 0.717) is 6.42 Å². The molecule has 0 aromatic carbocycles. The molecule has 0 saturated carbocycles. The predicted octanol–water partition coefficient (Wildman–Crippen LogP) is 1.01. The fourth-order valence-electron chi connectivity index (χ4n) is 0.743. The van der Waals surface area contributed by atoms with Crippen molar-refractivity contribution in [2.75, 3.05) is 0 Å². The number of aliphatic carboxylic acids is 1. The van der Waals surface area contributed by atoms with Gasteiger partial charge in [-0.05, 0) is 6.42 Å². The monoisotopic (exact) mass is 146 g/mol. The molecule has 3 nitrogen and oxygen atoms in total. The van der Waals surface area contributed by atoms with Gasteiger partial charge in [-0.3, -0.25) is 4.79 Å². The average Bonchev–Trinajstić information content (AvgIpc) is 1.82. The van der Waals surface area contributed by atoms with Crippen molar-refractivity contribution < 1.29 is 15.0 Å². The van der Waals surface area contributed by atoms with Gasteiger partial charge in [-0.1, -0.05) is 19.8 Å². The minimum absolute atomic E-state index is 0.125. The van der Waals surface area contributed by atoms with E-state index in [4.69, 9.17) is 10.2 Å². The minimum atomic E-state index is -0.927. The lowest BCUT2D eigenvalue weighted by atomic mass is 10.1. The Morgan fingerprint density at radius 3 is 2.60 bits per heavy atom. The Morgan fingerprint density at radius 2 is 2.20 bits per heavy atom. The summed E-state index contributed by atoms with van der Waals surface area (Å²) in [6, 6.07) is 0. The Kier molecular flexibility index (Phi) is 4.94. The lowest BCUT2D eigenvalue weighted by molar-refractivity contribution is -0.139. The van der Waals surface area contributed by atoms with Gasteiger partial charge in [0.1, 0.15) is 0 Å². The van der Waals surface area contributed by atoms with E-state index in [1.165, 1.54) is 0 Å². The largest absolute Gasteiger partial charge is 0.481 e. The fourth-order valence-corrected chi connectivity index (χ4v) is 0.743. The van der Waals surface area contributed by atoms with Gasteiger partial charge < -0.3 is 10.2 Å². The van der Waals surface area contributed by atoms with Gasteiger partial charge in [-0.25, -0.2) is 0 Å². The maximum absolute atomic E-state index is 10.0. The lowest BCUT2D eigenvalue weighted by Gasteiger charge is -2.04. The number of unbranched alkanes of at least 4 members (excludes halogenated alkanes) is 1. The van der Waals surface area contributed by atoms with E-state index in [-0.39, 0.29) is 6.42 Å². The van der Waals surface area contributed by atoms with Crippen LogP contribution in [0.5, 0.6) is 0 Å². The SMILES string of the molecule is CCCCC(O)CC(=O)O. The smallest absolute Gasteiger partial charge is 0.305 e. The standard InChI is InChI=1S/C7H14O3/c1-2-3-4-6(8)5-7(9)10/h6,8H,2-5H2,1H3,(H,9,10). The molecule has 0 aliphatic heterocycles. The summed E-state index contributed by atoms with van der Waals surface area (Å²) in [5.41, 5.74) is 0. The number of hydrogen-bond acceptors (Lipinski definition) is 2. The third-order valence-electron chi connectivity index (χ3n) is 1.30. The van der Waals surface area contributed by atoms with E-state index in [0.717, 1.165) is 12.8 Å². The molecule has 60 valence electrons. The zero-order chi connectivity index (χ0) is 7.98. The Balaban J connectivity index is 3.25. The van der Waals surface area contributed by atoms with Crippen LogP contribution in [-0.2, 0) is 4.79 Å². The van der Waals surface area contributed by atoms with Crippen LogP contribution in [0, 0.1) is 0 Å². The third-order valence-corrected chi connectivity index (χ3v) is 1.30. The van der Waals surface area contributed by atoms with Crippen LogP contribution in [-0.4, -0.2) is 22.3 Å². The zero-order valence-corrected chi connectivity index (χ0v) is 6.21. The highest BCUT2D eigenvalue weighted by Gasteiger charge is 2.07. The summed E-state index contributed by atoms with van der Waals surface area (Å²) in [6.07, 6.45) is 1.71. The van der Waals surface area contributed by atoms with Crippen molar-refractivity contribution in [2.24, 2.45) is 0 Å². The molecule has 0 heterocycles. The van der Waals surface area contributed by atoms with Crippen LogP contribution >= 0.6 is 0 Å². The third kappa shape index (κ3) is 5.56. The molecule has 0 fully saturated rings. The molecular weight excluding hydrogens is 132 g/mol. The second-order valence-corrected chi connectivity index (χ2v) is 2.39. The first kappa shape index (κ1) is 9.43. The average molecular weight is 146 g/mol. The zero-order valence-electron chi connectivity index (χ0n) is 6.21. The molecule has 1 unspecified atom stereocenters. The molecule has 3 heteroatoms. The maximum Gasteiger partial charge on any atom is 0.305 e. The van der Waals surface area contributed by atoms with Crippen LogP contribution < -0.4 is 0 Å². The number of hydrogen-bond donors (Lipinski definition) is 2. The van der Waals surface area contributed by atoms with Crippen molar-refractivity contribution in [3.63, 3.8) is 0 Å². The van der Waals surface area contributed by atoms with Gasteiger partial charge in [0.15, 0.2) is 0 Å². The summed E-state index contributed by atoms with van der Waals surface area (Å²) in [4.78, 5) is 10.0. The molecule has 0 rings (SSSR count). The maximum atomic E-state index is 10.0. The molecule has 1 atom stereocenters. The van der Waals surface area contributed by atoms with Gasteiger partial charge >= 0.3 is 5.97 Å². The van der Waals surface area contributed by atoms with E-state index < -0.39 is 12.1 Å². The highest BCUT2D eigenvalue weighted by molar-refractivity contribution is 5.67. The molecule has 0 aliphatic carbocycles. The molecule has 2 N–H and O–H groups in total. The summed E-state index contributed by atoms with van der Waals surface area (Å²) >= 11 is 0. The van der Waals surface area contributed by atoms with Gasteiger partial charge in [-0.2, -0.15) is 0 Å². The van der Waals surface area contributed by atoms with Crippen molar-refractivity contribution in [3.8, 4) is 0 Å². The number of rotatable bonds is 5. The summed E-state index contributed by atoms with van der Waals surface area (Å²) in [6.45, 7) is 2.01. The molecule has 0 aromatic heterocycles. The molecule has 10 heavy (non-hydrogen) atoms. The van der Waals surface area contributed by atoms with Crippen LogP contribution in [0.25, 0.3) is 0 Å². The number of carboxylic acid groups (broad SMARTS) is 1. The Hall–Kier alpha value is -0.570. The van der Waals surface area contributed by atoms with Crippen LogP contribution in [0.2, 0.25) is 0 Å². The highest BCUT2D eigenvalue weighted by Crippen LogP contribution is 2.03.